The van der Waals surface area contributed by atoms with E-state index in [9.17, 15) is 0 Å². The van der Waals surface area contributed by atoms with E-state index < -0.39 is 31.2 Å². The number of ether oxygens (including phenoxy) is 1. The molecule has 2 aliphatic rings. The molecule has 0 amide bonds. The minimum atomic E-state index is -2.21. The minimum Gasteiger partial charge on any atom is -0.414 e. The van der Waals surface area contributed by atoms with Gasteiger partial charge in [0.2, 0.25) is 0 Å². The summed E-state index contributed by atoms with van der Waals surface area (Å²) in [5.74, 6) is 0.531. The fourth-order valence-corrected chi connectivity index (χ4v) is 7.32. The van der Waals surface area contributed by atoms with E-state index in [2.05, 4.69) is 113 Å². The maximum Gasteiger partial charge on any atom is 0.192 e. The Morgan fingerprint density at radius 2 is 1.29 bits per heavy atom. The van der Waals surface area contributed by atoms with E-state index in [1.54, 1.807) is 6.08 Å². The van der Waals surface area contributed by atoms with Gasteiger partial charge in [0.1, 0.15) is 29.3 Å². The Hall–Kier alpha value is -0.269. The van der Waals surface area contributed by atoms with Gasteiger partial charge in [-0.25, -0.2) is 4.99 Å². The highest BCUT2D eigenvalue weighted by Gasteiger charge is 2.55. The molecule has 2 heterocycles. The van der Waals surface area contributed by atoms with Gasteiger partial charge >= 0.3 is 0 Å². The van der Waals surface area contributed by atoms with E-state index in [0.29, 0.717) is 17.6 Å². The zero-order chi connectivity index (χ0) is 29.7. The molecule has 1 saturated heterocycles. The molecule has 220 valence electrons. The molecule has 0 aromatic carbocycles. The quantitative estimate of drug-likeness (QED) is 0.261. The van der Waals surface area contributed by atoms with Crippen LogP contribution in [0.2, 0.25) is 54.4 Å². The zero-order valence-corrected chi connectivity index (χ0v) is 30.5. The monoisotopic (exact) mass is 602 g/mol. The van der Waals surface area contributed by atoms with Crippen LogP contribution in [0.1, 0.15) is 62.3 Å². The summed E-state index contributed by atoms with van der Waals surface area (Å²) < 4.78 is 27.9. The minimum absolute atomic E-state index is 0.0189. The second-order valence-corrected chi connectivity index (χ2v) is 30.1. The van der Waals surface area contributed by atoms with Crippen molar-refractivity contribution in [2.75, 3.05) is 6.61 Å². The van der Waals surface area contributed by atoms with Crippen molar-refractivity contribution in [1.82, 2.24) is 4.90 Å². The van der Waals surface area contributed by atoms with Gasteiger partial charge in [-0.05, 0) is 60.5 Å². The molecule has 0 radical (unpaired) electrons. The Bertz CT molecular complexity index is 930. The second-order valence-electron chi connectivity index (χ2n) is 15.4. The van der Waals surface area contributed by atoms with Gasteiger partial charge in [0, 0.05) is 6.20 Å². The largest absolute Gasteiger partial charge is 0.414 e. The van der Waals surface area contributed by atoms with Gasteiger partial charge in [-0.1, -0.05) is 80.5 Å². The SMILES string of the molecule is C=C1N=C(Cl)C=CN1[C@@H]1O[C@H](CO[Si](C)(C)C(C)(C)C)[C@H](O[Si](C)(C)C(C)(C)C)C1O[Si](C)(C)C(C)(C)C. The third-order valence-electron chi connectivity index (χ3n) is 9.35. The molecule has 10 heteroatoms. The van der Waals surface area contributed by atoms with Crippen LogP contribution in [0.15, 0.2) is 29.7 Å². The summed E-state index contributed by atoms with van der Waals surface area (Å²) in [5, 5.41) is 0.542. The summed E-state index contributed by atoms with van der Waals surface area (Å²) in [5.41, 5.74) is 0. The van der Waals surface area contributed by atoms with Gasteiger partial charge in [-0.2, -0.15) is 0 Å². The highest BCUT2D eigenvalue weighted by Crippen LogP contribution is 2.45. The zero-order valence-electron chi connectivity index (χ0n) is 26.8. The van der Waals surface area contributed by atoms with Gasteiger partial charge in [0.25, 0.3) is 0 Å². The van der Waals surface area contributed by atoms with Gasteiger partial charge < -0.3 is 22.9 Å². The predicted octanol–water partition coefficient (Wildman–Crippen LogP) is 8.45. The molecular formula is C28H55ClN2O4Si3. The summed E-state index contributed by atoms with van der Waals surface area (Å²) in [6.45, 7) is 38.7. The van der Waals surface area contributed by atoms with Crippen LogP contribution in [0.3, 0.4) is 0 Å². The topological polar surface area (TPSA) is 52.5 Å². The Labute approximate surface area is 241 Å². The van der Waals surface area contributed by atoms with Gasteiger partial charge in [0.05, 0.1) is 6.61 Å². The summed E-state index contributed by atoms with van der Waals surface area (Å²) in [4.78, 5) is 6.36. The van der Waals surface area contributed by atoms with Crippen LogP contribution in [0.4, 0.5) is 0 Å². The van der Waals surface area contributed by atoms with E-state index in [1.165, 1.54) is 0 Å². The molecule has 2 rings (SSSR count). The lowest BCUT2D eigenvalue weighted by molar-refractivity contribution is -0.0654. The van der Waals surface area contributed by atoms with Gasteiger partial charge in [-0.3, -0.25) is 0 Å². The molecule has 0 spiro atoms. The van der Waals surface area contributed by atoms with Gasteiger partial charge in [-0.15, -0.1) is 0 Å². The number of halogens is 1. The number of hydrogen-bond acceptors (Lipinski definition) is 6. The molecule has 2 aliphatic heterocycles. The molecule has 1 fully saturated rings. The van der Waals surface area contributed by atoms with Crippen LogP contribution >= 0.6 is 11.6 Å². The van der Waals surface area contributed by atoms with Crippen molar-refractivity contribution in [3.05, 3.63) is 24.7 Å². The molecule has 38 heavy (non-hydrogen) atoms. The molecular weight excluding hydrogens is 548 g/mol. The summed E-state index contributed by atoms with van der Waals surface area (Å²) in [7, 11) is -6.42. The highest BCUT2D eigenvalue weighted by molar-refractivity contribution is 6.75. The van der Waals surface area contributed by atoms with E-state index in [0.717, 1.165) is 0 Å². The summed E-state index contributed by atoms with van der Waals surface area (Å²) >= 11 is 6.20. The lowest BCUT2D eigenvalue weighted by Crippen LogP contribution is -2.56. The molecule has 6 nitrogen and oxygen atoms in total. The standard InChI is InChI=1S/C28H55ClN2O4Si3/c1-20-30-22(29)17-18-31(20)25-24(35-38(15,16)28(8,9)10)23(34-37(13,14)27(5,6)7)21(33-25)19-32-36(11,12)26(2,3)4/h17-18,21,23-25H,1,19H2,2-16H3/t21-,23+,24?,25-/m1/s1. The Balaban J connectivity index is 2.58. The van der Waals surface area contributed by atoms with Crippen molar-refractivity contribution in [2.45, 2.75) is 141 Å². The number of hydrogen-bond donors (Lipinski definition) is 0. The summed E-state index contributed by atoms with van der Waals surface area (Å²) in [6.07, 6.45) is 2.29. The average Bonchev–Trinajstić information content (AvgIpc) is 3.00. The van der Waals surface area contributed by atoms with Gasteiger partial charge in [0.15, 0.2) is 31.2 Å². The van der Waals surface area contributed by atoms with Crippen LogP contribution in [0.5, 0.6) is 0 Å². The second kappa shape index (κ2) is 11.2. The fraction of sp³-hybridized carbons (Fsp3) is 0.821. The lowest BCUT2D eigenvalue weighted by atomic mass is 10.1. The first-order valence-corrected chi connectivity index (χ1v) is 23.0. The Morgan fingerprint density at radius 1 is 0.842 bits per heavy atom. The van der Waals surface area contributed by atoms with Crippen LogP contribution in [-0.2, 0) is 18.0 Å². The van der Waals surface area contributed by atoms with Crippen LogP contribution in [0, 0.1) is 0 Å². The van der Waals surface area contributed by atoms with E-state index in [1.807, 2.05) is 11.1 Å². The van der Waals surface area contributed by atoms with Crippen LogP contribution < -0.4 is 0 Å². The summed E-state index contributed by atoms with van der Waals surface area (Å²) in [6, 6.07) is 0. The average molecular weight is 603 g/mol. The molecule has 0 saturated carbocycles. The van der Waals surface area contributed by atoms with E-state index in [-0.39, 0.29) is 33.4 Å². The third-order valence-corrected chi connectivity index (χ3v) is 23.0. The van der Waals surface area contributed by atoms with Crippen molar-refractivity contribution in [3.8, 4) is 0 Å². The third kappa shape index (κ3) is 7.51. The lowest BCUT2D eigenvalue weighted by Gasteiger charge is -2.45. The first-order valence-electron chi connectivity index (χ1n) is 13.9. The van der Waals surface area contributed by atoms with Crippen molar-refractivity contribution < 1.29 is 18.0 Å². The number of aliphatic imine (C=N–C) groups is 1. The predicted molar refractivity (Wildman–Crippen MR) is 169 cm³/mol. The molecule has 0 bridgehead atoms. The molecule has 0 aromatic heterocycles. The number of allylic oxidation sites excluding steroid dienone is 1. The van der Waals surface area contributed by atoms with E-state index in [4.69, 9.17) is 29.6 Å². The van der Waals surface area contributed by atoms with Crippen LogP contribution in [0.25, 0.3) is 0 Å². The number of nitrogens with zero attached hydrogens (tertiary/aromatic N) is 2. The first kappa shape index (κ1) is 33.9. The molecule has 1 unspecified atom stereocenters. The Morgan fingerprint density at radius 3 is 1.71 bits per heavy atom. The normalized spacial score (nSPS) is 26.3. The van der Waals surface area contributed by atoms with Crippen LogP contribution in [-0.4, -0.2) is 66.2 Å². The number of rotatable bonds is 8. The smallest absolute Gasteiger partial charge is 0.192 e. The van der Waals surface area contributed by atoms with E-state index >= 15 is 0 Å². The van der Waals surface area contributed by atoms with Crippen molar-refractivity contribution in [2.24, 2.45) is 4.99 Å². The molecule has 0 N–H and O–H groups in total. The molecule has 0 aromatic rings. The maximum atomic E-state index is 7.18. The fourth-order valence-electron chi connectivity index (χ4n) is 3.55. The Kier molecular flexibility index (Phi) is 9.99. The molecule has 0 aliphatic carbocycles. The first-order chi connectivity index (χ1) is 16.8. The van der Waals surface area contributed by atoms with Crippen molar-refractivity contribution in [3.63, 3.8) is 0 Å². The molecule has 4 atom stereocenters. The van der Waals surface area contributed by atoms with Crippen molar-refractivity contribution in [1.29, 1.82) is 0 Å². The maximum absolute atomic E-state index is 7.18. The van der Waals surface area contributed by atoms with Crippen molar-refractivity contribution >= 4 is 41.7 Å². The highest BCUT2D eigenvalue weighted by atomic mass is 35.5.